The maximum Gasteiger partial charge on any atom is -0.0383 e. The van der Waals surface area contributed by atoms with Gasteiger partial charge in [0.2, 0.25) is 0 Å². The van der Waals surface area contributed by atoms with Gasteiger partial charge >= 0.3 is 0 Å². The number of hydrogen-bond acceptors (Lipinski definition) is 0. The van der Waals surface area contributed by atoms with Gasteiger partial charge < -0.3 is 11.1 Å². The van der Waals surface area contributed by atoms with Crippen molar-refractivity contribution >= 4 is 0 Å². The molecule has 0 aromatic rings. The van der Waals surface area contributed by atoms with Crippen LogP contribution in [0, 0.1) is 5.41 Å². The Bertz CT molecular complexity index is 165. The summed E-state index contributed by atoms with van der Waals surface area (Å²) in [5, 5.41) is 0. The van der Waals surface area contributed by atoms with Gasteiger partial charge in [0.15, 0.2) is 0 Å². The van der Waals surface area contributed by atoms with E-state index in [1.54, 1.807) is 0 Å². The fourth-order valence-electron chi connectivity index (χ4n) is 1.61. The van der Waals surface area contributed by atoms with Crippen LogP contribution in [0.2, 0.25) is 0 Å². The van der Waals surface area contributed by atoms with Crippen molar-refractivity contribution in [3.8, 4) is 0 Å². The van der Waals surface area contributed by atoms with Gasteiger partial charge in [0.1, 0.15) is 0 Å². The van der Waals surface area contributed by atoms with Gasteiger partial charge in [-0.05, 0) is 11.8 Å². The first-order valence-electron chi connectivity index (χ1n) is 6.46. The molecule has 0 bridgehead atoms. The Labute approximate surface area is 101 Å². The number of nitrogens with zero attached hydrogens (tertiary/aromatic N) is 3. The van der Waals surface area contributed by atoms with Crippen LogP contribution in [0.3, 0.4) is 0 Å². The summed E-state index contributed by atoms with van der Waals surface area (Å²) in [6.07, 6.45) is 11.4. The van der Waals surface area contributed by atoms with Crippen molar-refractivity contribution in [3.63, 3.8) is 0 Å². The Kier molecular flexibility index (Phi) is 13.7. The molecule has 0 aliphatic rings. The van der Waals surface area contributed by atoms with Gasteiger partial charge in [0, 0.05) is 0 Å². The first-order chi connectivity index (χ1) is 7.47. The Hall–Kier alpha value is -0.690. The molecule has 3 nitrogen and oxygen atoms in total. The first kappa shape index (κ1) is 17.7. The maximum absolute atomic E-state index is 6.75. The summed E-state index contributed by atoms with van der Waals surface area (Å²) in [6, 6.07) is 0. The fraction of sp³-hybridized carbons (Fsp3) is 1.00. The van der Waals surface area contributed by atoms with Gasteiger partial charge in [-0.15, -0.1) is 0 Å². The fourth-order valence-corrected chi connectivity index (χ4v) is 1.61. The second-order valence-corrected chi connectivity index (χ2v) is 5.52. The minimum Gasteiger partial charge on any atom is -0.373 e. The molecule has 0 N–H and O–H groups in total. The largest absolute Gasteiger partial charge is 0.373 e. The van der Waals surface area contributed by atoms with E-state index in [0.717, 1.165) is 0 Å². The molecule has 0 aliphatic carbocycles. The zero-order valence-corrected chi connectivity index (χ0v) is 11.5. The summed E-state index contributed by atoms with van der Waals surface area (Å²) >= 11 is 0. The average molecular weight is 226 g/mol. The molecule has 0 rings (SSSR count). The van der Waals surface area contributed by atoms with E-state index in [4.69, 9.17) is 11.1 Å². The van der Waals surface area contributed by atoms with Crippen LogP contribution < -0.4 is 0 Å². The smallest absolute Gasteiger partial charge is 0.0383 e. The third-order valence-corrected chi connectivity index (χ3v) is 2.53. The van der Waals surface area contributed by atoms with Crippen molar-refractivity contribution in [3.05, 3.63) is 16.0 Å². The molecule has 0 aromatic carbocycles. The highest BCUT2D eigenvalue weighted by molar-refractivity contribution is 4.60. The highest BCUT2D eigenvalue weighted by Crippen LogP contribution is 2.22. The topological polar surface area (TPSA) is 58.7 Å². The van der Waals surface area contributed by atoms with Crippen molar-refractivity contribution in [2.45, 2.75) is 79.1 Å². The Morgan fingerprint density at radius 1 is 0.812 bits per heavy atom. The molecule has 0 fully saturated rings. The van der Waals surface area contributed by atoms with Crippen LogP contribution in [0.1, 0.15) is 79.1 Å². The SMILES string of the molecule is CCCCCCCCCC(C)(C)C.[N-]=[N+]=[N-]. The number of rotatable bonds is 7. The van der Waals surface area contributed by atoms with E-state index < -0.39 is 0 Å². The van der Waals surface area contributed by atoms with Crippen LogP contribution in [-0.2, 0) is 0 Å². The summed E-state index contributed by atoms with van der Waals surface area (Å²) in [5.41, 5.74) is 14.0. The Morgan fingerprint density at radius 2 is 1.19 bits per heavy atom. The van der Waals surface area contributed by atoms with E-state index in [0.29, 0.717) is 5.41 Å². The van der Waals surface area contributed by atoms with E-state index in [1.165, 1.54) is 56.3 Å². The van der Waals surface area contributed by atoms with Gasteiger partial charge in [-0.2, -0.15) is 0 Å². The van der Waals surface area contributed by atoms with Crippen molar-refractivity contribution in [2.24, 2.45) is 5.41 Å². The maximum atomic E-state index is 6.75. The molecule has 3 heteroatoms. The lowest BCUT2D eigenvalue weighted by atomic mass is 9.89. The lowest BCUT2D eigenvalue weighted by Gasteiger charge is -2.17. The van der Waals surface area contributed by atoms with Gasteiger partial charge in [-0.25, -0.2) is 0 Å². The first-order valence-corrected chi connectivity index (χ1v) is 6.46. The molecule has 0 radical (unpaired) electrons. The summed E-state index contributed by atoms with van der Waals surface area (Å²) < 4.78 is 0. The van der Waals surface area contributed by atoms with E-state index in [2.05, 4.69) is 27.7 Å². The third kappa shape index (κ3) is 23.3. The van der Waals surface area contributed by atoms with Gasteiger partial charge in [-0.3, -0.25) is 4.91 Å². The molecular formula is C13H28N3-. The molecule has 0 atom stereocenters. The lowest BCUT2D eigenvalue weighted by Crippen LogP contribution is -2.03. The average Bonchev–Trinajstić information content (AvgIpc) is 2.16. The quantitative estimate of drug-likeness (QED) is 0.220. The second kappa shape index (κ2) is 12.4. The molecule has 0 amide bonds. The molecule has 0 saturated heterocycles. The summed E-state index contributed by atoms with van der Waals surface area (Å²) in [4.78, 5) is 1.50. The second-order valence-electron chi connectivity index (χ2n) is 5.52. The molecule has 96 valence electrons. The molecule has 0 saturated carbocycles. The van der Waals surface area contributed by atoms with E-state index in [1.807, 2.05) is 0 Å². The summed E-state index contributed by atoms with van der Waals surface area (Å²) in [7, 11) is 0. The summed E-state index contributed by atoms with van der Waals surface area (Å²) in [6.45, 7) is 9.29. The van der Waals surface area contributed by atoms with Gasteiger partial charge in [0.05, 0.1) is 0 Å². The predicted molar refractivity (Wildman–Crippen MR) is 72.1 cm³/mol. The highest BCUT2D eigenvalue weighted by Gasteiger charge is 2.08. The van der Waals surface area contributed by atoms with E-state index >= 15 is 0 Å². The number of hydrogen-bond donors (Lipinski definition) is 0. The molecule has 0 aliphatic heterocycles. The minimum absolute atomic E-state index is 0.545. The van der Waals surface area contributed by atoms with Gasteiger partial charge in [0.25, 0.3) is 0 Å². The van der Waals surface area contributed by atoms with E-state index in [9.17, 15) is 0 Å². The molecule has 0 spiro atoms. The van der Waals surface area contributed by atoms with Crippen LogP contribution in [0.5, 0.6) is 0 Å². The zero-order valence-electron chi connectivity index (χ0n) is 11.5. The summed E-state index contributed by atoms with van der Waals surface area (Å²) in [5.74, 6) is 0. The van der Waals surface area contributed by atoms with Crippen LogP contribution in [0.15, 0.2) is 0 Å². The number of unbranched alkanes of at least 4 members (excludes halogenated alkanes) is 6. The van der Waals surface area contributed by atoms with Crippen LogP contribution in [0.25, 0.3) is 16.0 Å². The monoisotopic (exact) mass is 226 g/mol. The lowest BCUT2D eigenvalue weighted by molar-refractivity contribution is 0.356. The highest BCUT2D eigenvalue weighted by atomic mass is 15.0. The molecule has 0 heterocycles. The molecular weight excluding hydrogens is 198 g/mol. The van der Waals surface area contributed by atoms with Crippen molar-refractivity contribution in [2.75, 3.05) is 0 Å². The van der Waals surface area contributed by atoms with E-state index in [-0.39, 0.29) is 0 Å². The Balaban J connectivity index is 0. The molecule has 0 aromatic heterocycles. The van der Waals surface area contributed by atoms with Crippen molar-refractivity contribution in [1.29, 1.82) is 0 Å². The minimum atomic E-state index is 0.545. The predicted octanol–water partition coefficient (Wildman–Crippen LogP) is 6.04. The molecule has 0 unspecified atom stereocenters. The Morgan fingerprint density at radius 3 is 1.56 bits per heavy atom. The van der Waals surface area contributed by atoms with Crippen LogP contribution in [0.4, 0.5) is 0 Å². The van der Waals surface area contributed by atoms with Crippen LogP contribution in [-0.4, -0.2) is 0 Å². The zero-order chi connectivity index (χ0) is 12.9. The van der Waals surface area contributed by atoms with Crippen LogP contribution >= 0.6 is 0 Å². The third-order valence-electron chi connectivity index (χ3n) is 2.53. The molecule has 16 heavy (non-hydrogen) atoms. The van der Waals surface area contributed by atoms with Crippen molar-refractivity contribution < 1.29 is 0 Å². The normalized spacial score (nSPS) is 10.2. The van der Waals surface area contributed by atoms with Crippen molar-refractivity contribution in [1.82, 2.24) is 0 Å². The van der Waals surface area contributed by atoms with Gasteiger partial charge in [-0.1, -0.05) is 72.6 Å². The standard InChI is InChI=1S/C13H28.N3/c1-5-6-7-8-9-10-11-12-13(2,3)4;1-3-2/h5-12H2,1-4H3;/q;-1.